The predicted molar refractivity (Wildman–Crippen MR) is 79.2 cm³/mol. The molecule has 0 radical (unpaired) electrons. The van der Waals surface area contributed by atoms with Crippen molar-refractivity contribution in [3.8, 4) is 5.69 Å². The van der Waals surface area contributed by atoms with Gasteiger partial charge in [-0.25, -0.2) is 4.98 Å². The van der Waals surface area contributed by atoms with Gasteiger partial charge in [0.05, 0.1) is 15.5 Å². The molecule has 0 spiro atoms. The van der Waals surface area contributed by atoms with Gasteiger partial charge in [0.25, 0.3) is 11.2 Å². The minimum atomic E-state index is -5.01. The second-order valence-corrected chi connectivity index (χ2v) is 5.86. The molecule has 14 heteroatoms. The molecular weight excluding hydrogens is 463 g/mol. The average Bonchev–Trinajstić information content (AvgIpc) is 2.47. The molecule has 2 aromatic rings. The maximum Gasteiger partial charge on any atom is 0.434 e. The summed E-state index contributed by atoms with van der Waals surface area (Å²) in [5.74, 6) is 0. The Balaban J connectivity index is 2.84. The summed E-state index contributed by atoms with van der Waals surface area (Å²) in [7, 11) is 0. The van der Waals surface area contributed by atoms with Crippen molar-refractivity contribution in [3.05, 3.63) is 59.7 Å². The first-order valence-corrected chi connectivity index (χ1v) is 7.32. The number of alkyl halides is 6. The number of rotatable bonds is 2. The highest BCUT2D eigenvalue weighted by molar-refractivity contribution is 9.10. The van der Waals surface area contributed by atoms with E-state index < -0.39 is 55.0 Å². The highest BCUT2D eigenvalue weighted by Crippen LogP contribution is 2.39. The summed E-state index contributed by atoms with van der Waals surface area (Å²) in [5.41, 5.74) is -6.61. The Morgan fingerprint density at radius 2 is 1.73 bits per heavy atom. The van der Waals surface area contributed by atoms with Gasteiger partial charge in [0.1, 0.15) is 16.5 Å². The molecule has 2 rings (SSSR count). The summed E-state index contributed by atoms with van der Waals surface area (Å²) >= 11 is 8.03. The lowest BCUT2D eigenvalue weighted by molar-refractivity contribution is -0.384. The number of benzene rings is 1. The molecular formula is C12H3BrClF6N3O3. The Hall–Kier alpha value is -2.15. The quantitative estimate of drug-likeness (QED) is 0.368. The lowest BCUT2D eigenvalue weighted by Crippen LogP contribution is -2.25. The minimum Gasteiger partial charge on any atom is -0.268 e. The van der Waals surface area contributed by atoms with Crippen molar-refractivity contribution in [2.24, 2.45) is 0 Å². The third-order valence-corrected chi connectivity index (χ3v) is 4.00. The topological polar surface area (TPSA) is 78.0 Å². The number of hydrogen-bond donors (Lipinski definition) is 0. The molecule has 0 saturated heterocycles. The van der Waals surface area contributed by atoms with Crippen molar-refractivity contribution in [2.75, 3.05) is 0 Å². The zero-order valence-electron chi connectivity index (χ0n) is 11.8. The molecule has 26 heavy (non-hydrogen) atoms. The summed E-state index contributed by atoms with van der Waals surface area (Å²) in [5, 5.41) is 10.2. The molecule has 0 aliphatic heterocycles. The number of nitro benzene ring substituents is 1. The third-order valence-electron chi connectivity index (χ3n) is 2.99. The van der Waals surface area contributed by atoms with Gasteiger partial charge in [-0.15, -0.1) is 0 Å². The smallest absolute Gasteiger partial charge is 0.268 e. The molecule has 6 nitrogen and oxygen atoms in total. The molecule has 1 aromatic heterocycles. The summed E-state index contributed by atoms with van der Waals surface area (Å²) in [4.78, 5) is 25.0. The van der Waals surface area contributed by atoms with E-state index in [0.29, 0.717) is 6.07 Å². The van der Waals surface area contributed by atoms with Gasteiger partial charge in [-0.3, -0.25) is 19.5 Å². The molecule has 0 atom stereocenters. The van der Waals surface area contributed by atoms with Gasteiger partial charge in [0.15, 0.2) is 5.69 Å². The molecule has 0 aliphatic carbocycles. The van der Waals surface area contributed by atoms with Crippen molar-refractivity contribution in [1.82, 2.24) is 9.55 Å². The molecule has 1 aromatic carbocycles. The fourth-order valence-electron chi connectivity index (χ4n) is 1.91. The fraction of sp³-hybridized carbons (Fsp3) is 0.167. The van der Waals surface area contributed by atoms with Crippen molar-refractivity contribution in [1.29, 1.82) is 0 Å². The van der Waals surface area contributed by atoms with E-state index in [1.54, 1.807) is 0 Å². The van der Waals surface area contributed by atoms with E-state index in [1.165, 1.54) is 0 Å². The Labute approximate surface area is 152 Å². The van der Waals surface area contributed by atoms with E-state index in [0.717, 1.165) is 0 Å². The van der Waals surface area contributed by atoms with Crippen LogP contribution in [-0.4, -0.2) is 14.5 Å². The Morgan fingerprint density at radius 1 is 1.15 bits per heavy atom. The van der Waals surface area contributed by atoms with Gasteiger partial charge >= 0.3 is 12.4 Å². The van der Waals surface area contributed by atoms with Crippen molar-refractivity contribution in [2.45, 2.75) is 12.4 Å². The van der Waals surface area contributed by atoms with Gasteiger partial charge in [-0.2, -0.15) is 26.3 Å². The molecule has 1 heterocycles. The maximum absolute atomic E-state index is 12.8. The number of hydrogen-bond acceptors (Lipinski definition) is 4. The third kappa shape index (κ3) is 3.67. The summed E-state index contributed by atoms with van der Waals surface area (Å²) < 4.78 is 75.7. The van der Waals surface area contributed by atoms with Crippen LogP contribution in [0.3, 0.4) is 0 Å². The maximum atomic E-state index is 12.8. The monoisotopic (exact) mass is 465 g/mol. The van der Waals surface area contributed by atoms with Crippen LogP contribution in [0.25, 0.3) is 5.69 Å². The van der Waals surface area contributed by atoms with Crippen LogP contribution >= 0.6 is 27.5 Å². The molecule has 0 aliphatic rings. The van der Waals surface area contributed by atoms with Crippen molar-refractivity contribution >= 4 is 33.2 Å². The zero-order chi connectivity index (χ0) is 20.0. The van der Waals surface area contributed by atoms with E-state index in [-0.39, 0.29) is 17.0 Å². The van der Waals surface area contributed by atoms with Crippen LogP contribution in [0.1, 0.15) is 11.3 Å². The molecule has 0 saturated carbocycles. The largest absolute Gasteiger partial charge is 0.434 e. The highest BCUT2D eigenvalue weighted by Gasteiger charge is 2.38. The number of halogens is 8. The van der Waals surface area contributed by atoms with Gasteiger partial charge in [0, 0.05) is 6.07 Å². The van der Waals surface area contributed by atoms with Gasteiger partial charge in [0.2, 0.25) is 0 Å². The Bertz CT molecular complexity index is 957. The van der Waals surface area contributed by atoms with E-state index in [1.807, 2.05) is 0 Å². The standard InChI is InChI=1S/C12H3BrClF6N3O3/c13-7-9(12(18,19)20)21-3-22(10(7)24)8-5(14)1-4(11(15,16)17)2-6(8)23(25)26/h1-3H. The van der Waals surface area contributed by atoms with Crippen LogP contribution in [0.15, 0.2) is 27.7 Å². The summed E-state index contributed by atoms with van der Waals surface area (Å²) in [6.07, 6.45) is -9.69. The van der Waals surface area contributed by atoms with Crippen LogP contribution in [0.5, 0.6) is 0 Å². The number of nitrogens with zero attached hydrogens (tertiary/aromatic N) is 3. The molecule has 0 bridgehead atoms. The first-order chi connectivity index (χ1) is 11.7. The minimum absolute atomic E-state index is 0.110. The summed E-state index contributed by atoms with van der Waals surface area (Å²) in [6.45, 7) is 0. The molecule has 0 unspecified atom stereocenters. The number of aromatic nitrogens is 2. The molecule has 0 N–H and O–H groups in total. The zero-order valence-corrected chi connectivity index (χ0v) is 14.2. The van der Waals surface area contributed by atoms with E-state index in [2.05, 4.69) is 20.9 Å². The lowest BCUT2D eigenvalue weighted by atomic mass is 10.1. The van der Waals surface area contributed by atoms with Crippen molar-refractivity contribution < 1.29 is 31.3 Å². The van der Waals surface area contributed by atoms with E-state index >= 15 is 0 Å². The van der Waals surface area contributed by atoms with Gasteiger partial charge < -0.3 is 0 Å². The molecule has 140 valence electrons. The van der Waals surface area contributed by atoms with Crippen LogP contribution in [0.2, 0.25) is 5.02 Å². The second-order valence-electron chi connectivity index (χ2n) is 4.66. The first-order valence-electron chi connectivity index (χ1n) is 6.15. The molecule has 0 fully saturated rings. The second kappa shape index (κ2) is 6.54. The van der Waals surface area contributed by atoms with Gasteiger partial charge in [-0.1, -0.05) is 11.6 Å². The number of nitro groups is 1. The van der Waals surface area contributed by atoms with Crippen LogP contribution < -0.4 is 5.56 Å². The van der Waals surface area contributed by atoms with E-state index in [4.69, 9.17) is 11.6 Å². The predicted octanol–water partition coefficient (Wildman–Crippen LogP) is 4.59. The van der Waals surface area contributed by atoms with E-state index in [9.17, 15) is 41.3 Å². The van der Waals surface area contributed by atoms with Crippen LogP contribution in [0.4, 0.5) is 32.0 Å². The summed E-state index contributed by atoms with van der Waals surface area (Å²) in [6, 6.07) is 0.418. The normalized spacial score (nSPS) is 12.3. The lowest BCUT2D eigenvalue weighted by Gasteiger charge is -2.14. The van der Waals surface area contributed by atoms with Crippen LogP contribution in [-0.2, 0) is 12.4 Å². The highest BCUT2D eigenvalue weighted by atomic mass is 79.9. The Morgan fingerprint density at radius 3 is 2.19 bits per heavy atom. The average molecular weight is 467 g/mol. The SMILES string of the molecule is O=c1c(Br)c(C(F)(F)F)ncn1-c1c(Cl)cc(C(F)(F)F)cc1[N+](=O)[O-]. The fourth-order valence-corrected chi connectivity index (χ4v) is 2.74. The molecule has 0 amide bonds. The van der Waals surface area contributed by atoms with Gasteiger partial charge in [-0.05, 0) is 22.0 Å². The first kappa shape index (κ1) is 20.2. The Kier molecular flexibility index (Phi) is 5.07. The van der Waals surface area contributed by atoms with Crippen molar-refractivity contribution in [3.63, 3.8) is 0 Å². The van der Waals surface area contributed by atoms with Crippen LogP contribution in [0, 0.1) is 10.1 Å².